The largest absolute Gasteiger partial charge is 0.449 e. The second-order valence-electron chi connectivity index (χ2n) is 9.19. The molecule has 208 valence electrons. The van der Waals surface area contributed by atoms with E-state index in [1.807, 2.05) is 0 Å². The van der Waals surface area contributed by atoms with Gasteiger partial charge in [-0.05, 0) is 62.0 Å². The molecular formula is C27H27ClF4N4O3. The van der Waals surface area contributed by atoms with Crippen LogP contribution in [0.1, 0.15) is 24.2 Å². The Bertz CT molecular complexity index is 1340. The highest BCUT2D eigenvalue weighted by Gasteiger charge is 2.40. The number of morpholine rings is 1. The van der Waals surface area contributed by atoms with Gasteiger partial charge in [-0.2, -0.15) is 5.10 Å². The molecule has 39 heavy (non-hydrogen) atoms. The Balaban J connectivity index is 0.000000270. The van der Waals surface area contributed by atoms with Gasteiger partial charge in [0, 0.05) is 37.3 Å². The zero-order chi connectivity index (χ0) is 28.1. The highest BCUT2D eigenvalue weighted by molar-refractivity contribution is 6.28. The molecule has 12 heteroatoms. The Kier molecular flexibility index (Phi) is 9.26. The summed E-state index contributed by atoms with van der Waals surface area (Å²) in [6, 6.07) is 8.85. The van der Waals surface area contributed by atoms with Crippen molar-refractivity contribution in [3.05, 3.63) is 88.3 Å². The molecule has 3 heterocycles. The molecule has 0 bridgehead atoms. The molecule has 7 nitrogen and oxygen atoms in total. The summed E-state index contributed by atoms with van der Waals surface area (Å²) in [5.41, 5.74) is 0.296. The van der Waals surface area contributed by atoms with Crippen LogP contribution in [0.15, 0.2) is 58.0 Å². The van der Waals surface area contributed by atoms with Crippen LogP contribution in [0.4, 0.5) is 23.2 Å². The molecule has 3 aromatic rings. The van der Waals surface area contributed by atoms with Gasteiger partial charge in [0.05, 0.1) is 36.1 Å². The number of furan rings is 1. The van der Waals surface area contributed by atoms with E-state index in [-0.39, 0.29) is 28.3 Å². The number of benzene rings is 2. The van der Waals surface area contributed by atoms with Gasteiger partial charge in [0.2, 0.25) is 6.41 Å². The van der Waals surface area contributed by atoms with Crippen molar-refractivity contribution in [1.82, 2.24) is 10.2 Å². The first-order chi connectivity index (χ1) is 18.7. The quantitative estimate of drug-likeness (QED) is 0.338. The molecule has 3 unspecified atom stereocenters. The molecule has 1 N–H and O–H groups in total. The van der Waals surface area contributed by atoms with Crippen molar-refractivity contribution in [1.29, 1.82) is 0 Å². The molecule has 2 aliphatic rings. The lowest BCUT2D eigenvalue weighted by Crippen LogP contribution is -2.44. The van der Waals surface area contributed by atoms with E-state index in [2.05, 4.69) is 22.4 Å². The predicted octanol–water partition coefficient (Wildman–Crippen LogP) is 4.95. The molecule has 3 atom stereocenters. The van der Waals surface area contributed by atoms with Gasteiger partial charge in [-0.25, -0.2) is 17.6 Å². The Hall–Kier alpha value is -3.41. The molecule has 5 rings (SSSR count). The number of carbonyl (C=O) groups is 1. The van der Waals surface area contributed by atoms with Crippen molar-refractivity contribution >= 4 is 29.4 Å². The minimum atomic E-state index is -0.812. The standard InChI is InChI=1S/C20H13ClF4N2O.C7H14N2O2/c1-10-19(17-6-7-18(21)28-17)20(13-4-2-11(22)8-14(13)24)26-27(10)16-5-3-12(23)9-15(16)25;1-9-2-3-11-7(5-9)4-8-6-10/h2-10,19H,1H3;6-7H,2-5H2,1H3,(H,8,10). The van der Waals surface area contributed by atoms with Crippen molar-refractivity contribution in [2.75, 3.05) is 38.3 Å². The Morgan fingerprint density at radius 3 is 2.41 bits per heavy atom. The van der Waals surface area contributed by atoms with Crippen LogP contribution in [-0.2, 0) is 9.53 Å². The smallest absolute Gasteiger partial charge is 0.207 e. The SMILES string of the molecule is CC1C(c2ccc(Cl)o2)C(c2ccc(F)cc2F)=NN1c1ccc(F)cc1F.CN1CCOC(CNC=O)C1. The summed E-state index contributed by atoms with van der Waals surface area (Å²) in [5, 5.41) is 8.45. The molecule has 0 radical (unpaired) electrons. The number of rotatable bonds is 6. The average molecular weight is 567 g/mol. The van der Waals surface area contributed by atoms with Gasteiger partial charge in [0.15, 0.2) is 11.0 Å². The summed E-state index contributed by atoms with van der Waals surface area (Å²) in [6.45, 7) is 5.01. The lowest BCUT2D eigenvalue weighted by molar-refractivity contribution is -0.110. The van der Waals surface area contributed by atoms with Crippen molar-refractivity contribution in [2.24, 2.45) is 5.10 Å². The van der Waals surface area contributed by atoms with Crippen LogP contribution in [0.5, 0.6) is 0 Å². The average Bonchev–Trinajstić information content (AvgIpc) is 3.46. The first-order valence-electron chi connectivity index (χ1n) is 12.2. The Morgan fingerprint density at radius 2 is 1.79 bits per heavy atom. The summed E-state index contributed by atoms with van der Waals surface area (Å²) in [7, 11) is 2.05. The number of nitrogens with zero attached hydrogens (tertiary/aromatic N) is 3. The lowest BCUT2D eigenvalue weighted by atomic mass is 9.89. The number of likely N-dealkylation sites (N-methyl/N-ethyl adjacent to an activating group) is 1. The summed E-state index contributed by atoms with van der Waals surface area (Å²) in [4.78, 5) is 12.1. The Labute approximate surface area is 228 Å². The minimum Gasteiger partial charge on any atom is -0.449 e. The molecular weight excluding hydrogens is 540 g/mol. The minimum absolute atomic E-state index is 0.0223. The van der Waals surface area contributed by atoms with Gasteiger partial charge in [-0.3, -0.25) is 9.80 Å². The van der Waals surface area contributed by atoms with E-state index < -0.39 is 35.2 Å². The Morgan fingerprint density at radius 1 is 1.08 bits per heavy atom. The van der Waals surface area contributed by atoms with Crippen LogP contribution < -0.4 is 10.3 Å². The number of amides is 1. The van der Waals surface area contributed by atoms with E-state index in [4.69, 9.17) is 20.8 Å². The number of hydrogen-bond acceptors (Lipinski definition) is 6. The highest BCUT2D eigenvalue weighted by Crippen LogP contribution is 2.39. The van der Waals surface area contributed by atoms with Crippen molar-refractivity contribution in [3.8, 4) is 0 Å². The third-order valence-corrected chi connectivity index (χ3v) is 6.62. The maximum Gasteiger partial charge on any atom is 0.207 e. The molecule has 2 aliphatic heterocycles. The molecule has 1 amide bonds. The van der Waals surface area contributed by atoms with Crippen molar-refractivity contribution in [2.45, 2.75) is 25.0 Å². The van der Waals surface area contributed by atoms with E-state index in [0.717, 1.165) is 44.0 Å². The summed E-state index contributed by atoms with van der Waals surface area (Å²) in [6.07, 6.45) is 0.872. The molecule has 0 spiro atoms. The monoisotopic (exact) mass is 566 g/mol. The number of hydrazone groups is 1. The number of anilines is 1. The number of carbonyl (C=O) groups excluding carboxylic acids is 1. The van der Waals surface area contributed by atoms with Crippen LogP contribution in [0.25, 0.3) is 0 Å². The van der Waals surface area contributed by atoms with Crippen LogP contribution in [0, 0.1) is 23.3 Å². The van der Waals surface area contributed by atoms with Crippen LogP contribution in [0.3, 0.4) is 0 Å². The van der Waals surface area contributed by atoms with Crippen molar-refractivity contribution < 1.29 is 31.5 Å². The number of halogens is 5. The van der Waals surface area contributed by atoms with E-state index in [0.29, 0.717) is 18.7 Å². The van der Waals surface area contributed by atoms with E-state index >= 15 is 0 Å². The number of ether oxygens (including phenoxy) is 1. The fourth-order valence-corrected chi connectivity index (χ4v) is 4.69. The van der Waals surface area contributed by atoms with E-state index in [1.54, 1.807) is 13.0 Å². The summed E-state index contributed by atoms with van der Waals surface area (Å²) in [5.74, 6) is -3.30. The third kappa shape index (κ3) is 6.78. The van der Waals surface area contributed by atoms with E-state index in [1.165, 1.54) is 23.2 Å². The molecule has 0 saturated carbocycles. The van der Waals surface area contributed by atoms with Crippen LogP contribution >= 0.6 is 11.6 Å². The van der Waals surface area contributed by atoms with Gasteiger partial charge in [-0.1, -0.05) is 0 Å². The lowest BCUT2D eigenvalue weighted by Gasteiger charge is -2.29. The van der Waals surface area contributed by atoms with Gasteiger partial charge in [-0.15, -0.1) is 0 Å². The maximum absolute atomic E-state index is 14.5. The molecule has 1 fully saturated rings. The zero-order valence-corrected chi connectivity index (χ0v) is 22.0. The molecule has 0 aliphatic carbocycles. The van der Waals surface area contributed by atoms with E-state index in [9.17, 15) is 22.4 Å². The predicted molar refractivity (Wildman–Crippen MR) is 139 cm³/mol. The zero-order valence-electron chi connectivity index (χ0n) is 21.2. The fraction of sp³-hybridized carbons (Fsp3) is 0.333. The second kappa shape index (κ2) is 12.6. The first-order valence-corrected chi connectivity index (χ1v) is 12.6. The van der Waals surface area contributed by atoms with Gasteiger partial charge in [0.25, 0.3) is 0 Å². The number of hydrogen-bond donors (Lipinski definition) is 1. The molecule has 2 aromatic carbocycles. The molecule has 1 saturated heterocycles. The second-order valence-corrected chi connectivity index (χ2v) is 9.56. The topological polar surface area (TPSA) is 70.3 Å². The van der Waals surface area contributed by atoms with Crippen molar-refractivity contribution in [3.63, 3.8) is 0 Å². The first kappa shape index (κ1) is 28.6. The summed E-state index contributed by atoms with van der Waals surface area (Å²) >= 11 is 5.88. The van der Waals surface area contributed by atoms with Crippen LogP contribution in [-0.4, -0.2) is 62.5 Å². The maximum atomic E-state index is 14.5. The summed E-state index contributed by atoms with van der Waals surface area (Å²) < 4.78 is 66.4. The molecule has 1 aromatic heterocycles. The normalized spacial score (nSPS) is 21.3. The highest BCUT2D eigenvalue weighted by atomic mass is 35.5. The fourth-order valence-electron chi connectivity index (χ4n) is 4.54. The van der Waals surface area contributed by atoms with Crippen LogP contribution in [0.2, 0.25) is 5.22 Å². The number of nitrogens with one attached hydrogen (secondary N) is 1. The third-order valence-electron chi connectivity index (χ3n) is 6.41. The van der Waals surface area contributed by atoms with Gasteiger partial charge >= 0.3 is 0 Å². The van der Waals surface area contributed by atoms with Gasteiger partial charge < -0.3 is 19.4 Å². The van der Waals surface area contributed by atoms with Gasteiger partial charge in [0.1, 0.15) is 23.2 Å².